The van der Waals surface area contributed by atoms with E-state index in [2.05, 4.69) is 63.0 Å². The fraction of sp³-hybridized carbons (Fsp3) is 0.241. The van der Waals surface area contributed by atoms with Gasteiger partial charge in [-0.2, -0.15) is 0 Å². The molecule has 1 aliphatic rings. The van der Waals surface area contributed by atoms with Gasteiger partial charge in [0.1, 0.15) is 5.82 Å². The van der Waals surface area contributed by atoms with Crippen molar-refractivity contribution in [3.05, 3.63) is 107 Å². The lowest BCUT2D eigenvalue weighted by Crippen LogP contribution is -2.32. The number of carbonyl (C=O) groups is 1. The molecule has 2 atom stereocenters. The zero-order valence-corrected chi connectivity index (χ0v) is 22.0. The Morgan fingerprint density at radius 2 is 1.78 bits per heavy atom. The largest absolute Gasteiger partial charge is 0.352 e. The lowest BCUT2D eigenvalue weighted by molar-refractivity contribution is -0.116. The maximum atomic E-state index is 12.8. The van der Waals surface area contributed by atoms with Crippen LogP contribution in [0.3, 0.4) is 0 Å². The van der Waals surface area contributed by atoms with E-state index < -0.39 is 0 Å². The Labute approximate surface area is 222 Å². The molecule has 8 heteroatoms. The number of amides is 1. The quantitative estimate of drug-likeness (QED) is 0.333. The fourth-order valence-electron chi connectivity index (χ4n) is 5.03. The molecule has 2 N–H and O–H groups in total. The molecule has 0 unspecified atom stereocenters. The minimum Gasteiger partial charge on any atom is -0.352 e. The summed E-state index contributed by atoms with van der Waals surface area (Å²) in [4.78, 5) is 24.2. The van der Waals surface area contributed by atoms with Gasteiger partial charge in [0, 0.05) is 42.4 Å². The van der Waals surface area contributed by atoms with Gasteiger partial charge in [0.25, 0.3) is 0 Å². The van der Waals surface area contributed by atoms with Gasteiger partial charge in [0.15, 0.2) is 5.11 Å². The first-order chi connectivity index (χ1) is 17.9. The molecule has 1 aliphatic heterocycles. The number of anilines is 1. The number of carbonyl (C=O) groups excluding carboxylic acids is 1. The second-order valence-corrected chi connectivity index (χ2v) is 9.72. The van der Waals surface area contributed by atoms with E-state index in [-0.39, 0.29) is 18.0 Å². The van der Waals surface area contributed by atoms with E-state index in [0.29, 0.717) is 18.1 Å². The number of nitrogens with one attached hydrogen (secondary N) is 2. The maximum absolute atomic E-state index is 12.8. The molecule has 4 heterocycles. The van der Waals surface area contributed by atoms with Gasteiger partial charge in [-0.05, 0) is 86.6 Å². The van der Waals surface area contributed by atoms with Crippen molar-refractivity contribution in [3.63, 3.8) is 0 Å². The second-order valence-electron chi connectivity index (χ2n) is 9.34. The summed E-state index contributed by atoms with van der Waals surface area (Å²) in [6, 6.07) is 21.4. The van der Waals surface area contributed by atoms with E-state index in [9.17, 15) is 4.79 Å². The molecule has 4 aromatic rings. The van der Waals surface area contributed by atoms with E-state index in [1.54, 1.807) is 6.20 Å². The van der Waals surface area contributed by atoms with Gasteiger partial charge >= 0.3 is 0 Å². The summed E-state index contributed by atoms with van der Waals surface area (Å²) in [5, 5.41) is 7.08. The highest BCUT2D eigenvalue weighted by molar-refractivity contribution is 7.80. The van der Waals surface area contributed by atoms with Crippen molar-refractivity contribution < 1.29 is 4.79 Å². The lowest BCUT2D eigenvalue weighted by atomic mass is 9.96. The third kappa shape index (κ3) is 5.11. The molecule has 0 aliphatic carbocycles. The Morgan fingerprint density at radius 3 is 2.51 bits per heavy atom. The van der Waals surface area contributed by atoms with Crippen molar-refractivity contribution in [3.8, 4) is 5.82 Å². The predicted octanol–water partition coefficient (Wildman–Crippen LogP) is 5.19. The molecule has 1 saturated heterocycles. The SMILES string of the molecule is Cc1ccnc(-n2c(C)cc([C@H]3[C@H](c4ccccn4)NC(=S)N3CCC(=O)Nc3ccccc3)c2C)c1. The zero-order chi connectivity index (χ0) is 25.9. The minimum absolute atomic E-state index is 0.0523. The van der Waals surface area contributed by atoms with Gasteiger partial charge in [0.05, 0.1) is 17.8 Å². The van der Waals surface area contributed by atoms with Crippen molar-refractivity contribution in [2.75, 3.05) is 11.9 Å². The maximum Gasteiger partial charge on any atom is 0.226 e. The zero-order valence-electron chi connectivity index (χ0n) is 21.2. The van der Waals surface area contributed by atoms with Crippen LogP contribution < -0.4 is 10.6 Å². The summed E-state index contributed by atoms with van der Waals surface area (Å²) in [7, 11) is 0. The van der Waals surface area contributed by atoms with Gasteiger partial charge < -0.3 is 20.1 Å². The monoisotopic (exact) mass is 510 g/mol. The average molecular weight is 511 g/mol. The van der Waals surface area contributed by atoms with Crippen LogP contribution in [0.2, 0.25) is 0 Å². The number of para-hydroxylation sites is 1. The normalized spacial score (nSPS) is 17.1. The molecular formula is C29H30N6OS. The van der Waals surface area contributed by atoms with Gasteiger partial charge in [-0.3, -0.25) is 9.78 Å². The highest BCUT2D eigenvalue weighted by Gasteiger charge is 2.41. The topological polar surface area (TPSA) is 75.1 Å². The van der Waals surface area contributed by atoms with Crippen LogP contribution in [0.25, 0.3) is 5.82 Å². The molecule has 0 saturated carbocycles. The number of hydrogen-bond acceptors (Lipinski definition) is 4. The number of nitrogens with zero attached hydrogens (tertiary/aromatic N) is 4. The van der Waals surface area contributed by atoms with Crippen LogP contribution in [-0.2, 0) is 4.79 Å². The first-order valence-corrected chi connectivity index (χ1v) is 12.8. The summed E-state index contributed by atoms with van der Waals surface area (Å²) in [6.45, 7) is 6.75. The van der Waals surface area contributed by atoms with Crippen molar-refractivity contribution in [1.29, 1.82) is 0 Å². The van der Waals surface area contributed by atoms with Gasteiger partial charge in [-0.15, -0.1) is 0 Å². The Bertz CT molecular complexity index is 1420. The third-order valence-corrected chi connectivity index (χ3v) is 7.11. The Balaban J connectivity index is 1.48. The van der Waals surface area contributed by atoms with Crippen LogP contribution in [0.4, 0.5) is 5.69 Å². The summed E-state index contributed by atoms with van der Waals surface area (Å²) in [6.07, 6.45) is 3.94. The summed E-state index contributed by atoms with van der Waals surface area (Å²) in [5.41, 5.74) is 6.15. The predicted molar refractivity (Wildman–Crippen MR) is 150 cm³/mol. The first-order valence-electron chi connectivity index (χ1n) is 12.4. The highest BCUT2D eigenvalue weighted by Crippen LogP contribution is 2.41. The smallest absolute Gasteiger partial charge is 0.226 e. The number of thiocarbonyl (C=S) groups is 1. The van der Waals surface area contributed by atoms with Gasteiger partial charge in [-0.25, -0.2) is 4.98 Å². The van der Waals surface area contributed by atoms with Crippen molar-refractivity contribution >= 4 is 28.9 Å². The Kier molecular flexibility index (Phi) is 7.01. The molecule has 7 nitrogen and oxygen atoms in total. The molecule has 1 aromatic carbocycles. The number of benzene rings is 1. The lowest BCUT2D eigenvalue weighted by Gasteiger charge is -2.28. The van der Waals surface area contributed by atoms with Gasteiger partial charge in [-0.1, -0.05) is 24.3 Å². The van der Waals surface area contributed by atoms with Crippen LogP contribution in [0.5, 0.6) is 0 Å². The summed E-state index contributed by atoms with van der Waals surface area (Å²) >= 11 is 5.81. The molecule has 0 radical (unpaired) electrons. The van der Waals surface area contributed by atoms with Crippen LogP contribution in [0, 0.1) is 20.8 Å². The molecule has 0 spiro atoms. The molecule has 37 heavy (non-hydrogen) atoms. The Hall–Kier alpha value is -4.04. The average Bonchev–Trinajstić information content (AvgIpc) is 3.38. The van der Waals surface area contributed by atoms with E-state index >= 15 is 0 Å². The standard InChI is InChI=1S/C29H30N6OS/c1-19-12-15-31-25(17-19)35-20(2)18-23(21(35)3)28-27(24-11-7-8-14-30-24)33-29(37)34(28)16-13-26(36)32-22-9-5-4-6-10-22/h4-12,14-15,17-18,27-28H,13,16H2,1-3H3,(H,32,36)(H,33,37)/t27-,28-/m0/s1. The first kappa shape index (κ1) is 24.6. The van der Waals surface area contributed by atoms with Crippen LogP contribution in [0.1, 0.15) is 46.7 Å². The number of rotatable bonds is 7. The van der Waals surface area contributed by atoms with Crippen molar-refractivity contribution in [2.24, 2.45) is 0 Å². The summed E-state index contributed by atoms with van der Waals surface area (Å²) in [5.74, 6) is 0.835. The van der Waals surface area contributed by atoms with Crippen molar-refractivity contribution in [1.82, 2.24) is 24.8 Å². The Morgan fingerprint density at radius 1 is 1.00 bits per heavy atom. The number of aromatic nitrogens is 3. The second kappa shape index (κ2) is 10.5. The molecule has 5 rings (SSSR count). The molecular weight excluding hydrogens is 480 g/mol. The molecule has 1 amide bonds. The number of hydrogen-bond donors (Lipinski definition) is 2. The molecule has 3 aromatic heterocycles. The van der Waals surface area contributed by atoms with Crippen LogP contribution in [-0.4, -0.2) is 37.0 Å². The van der Waals surface area contributed by atoms with Gasteiger partial charge in [0.2, 0.25) is 5.91 Å². The van der Waals surface area contributed by atoms with E-state index in [0.717, 1.165) is 39.7 Å². The third-order valence-electron chi connectivity index (χ3n) is 6.75. The number of pyridine rings is 2. The van der Waals surface area contributed by atoms with Crippen LogP contribution in [0.15, 0.2) is 79.1 Å². The van der Waals surface area contributed by atoms with Crippen LogP contribution >= 0.6 is 12.2 Å². The van der Waals surface area contributed by atoms with E-state index in [1.165, 1.54) is 0 Å². The number of aryl methyl sites for hydroxylation is 2. The molecule has 188 valence electrons. The molecule has 0 bridgehead atoms. The highest BCUT2D eigenvalue weighted by atomic mass is 32.1. The fourth-order valence-corrected chi connectivity index (χ4v) is 5.37. The van der Waals surface area contributed by atoms with E-state index in [4.69, 9.17) is 12.2 Å². The van der Waals surface area contributed by atoms with Crippen molar-refractivity contribution in [2.45, 2.75) is 39.3 Å². The van der Waals surface area contributed by atoms with E-state index in [1.807, 2.05) is 60.8 Å². The molecule has 1 fully saturated rings. The summed E-state index contributed by atoms with van der Waals surface area (Å²) < 4.78 is 2.18. The minimum atomic E-state index is -0.148.